The smallest absolute Gasteiger partial charge is 0.0954 e. The molecule has 1 saturated heterocycles. The first kappa shape index (κ1) is 12.4. The number of halogens is 1. The second-order valence-electron chi connectivity index (χ2n) is 5.01. The summed E-state index contributed by atoms with van der Waals surface area (Å²) in [5, 5.41) is 1.11. The summed E-state index contributed by atoms with van der Waals surface area (Å²) in [5.41, 5.74) is 0.887. The van der Waals surface area contributed by atoms with Gasteiger partial charge in [-0.3, -0.25) is 0 Å². The van der Waals surface area contributed by atoms with Crippen molar-refractivity contribution < 1.29 is 4.74 Å². The Morgan fingerprint density at radius 1 is 1.50 bits per heavy atom. The van der Waals surface area contributed by atoms with Crippen LogP contribution in [-0.4, -0.2) is 22.6 Å². The Kier molecular flexibility index (Phi) is 3.31. The van der Waals surface area contributed by atoms with Gasteiger partial charge in [-0.2, -0.15) is 0 Å². The Bertz CT molecular complexity index is 514. The lowest BCUT2D eigenvalue weighted by atomic mass is 9.96. The third-order valence-electron chi connectivity index (χ3n) is 3.60. The summed E-state index contributed by atoms with van der Waals surface area (Å²) >= 11 is 8.26. The molecule has 1 aliphatic rings. The molecule has 1 aromatic heterocycles. The van der Waals surface area contributed by atoms with Gasteiger partial charge < -0.3 is 4.74 Å². The summed E-state index contributed by atoms with van der Waals surface area (Å²) in [5.74, 6) is 0. The lowest BCUT2D eigenvalue weighted by Crippen LogP contribution is -2.36. The molecule has 1 aliphatic heterocycles. The number of para-hydroxylation sites is 1. The van der Waals surface area contributed by atoms with E-state index in [1.165, 1.54) is 4.70 Å². The van der Waals surface area contributed by atoms with Gasteiger partial charge in [0.25, 0.3) is 0 Å². The SMILES string of the molecule is CC1(C(Cl)Cc2nc3ccccc3s2)CCCO1. The maximum absolute atomic E-state index is 6.53. The van der Waals surface area contributed by atoms with Crippen LogP contribution in [0.5, 0.6) is 0 Å². The molecule has 2 unspecified atom stereocenters. The zero-order valence-electron chi connectivity index (χ0n) is 10.4. The van der Waals surface area contributed by atoms with Crippen LogP contribution in [0.3, 0.4) is 0 Å². The molecule has 0 bridgehead atoms. The number of alkyl halides is 1. The van der Waals surface area contributed by atoms with E-state index in [4.69, 9.17) is 16.3 Å². The molecule has 0 aliphatic carbocycles. The summed E-state index contributed by atoms with van der Waals surface area (Å²) < 4.78 is 7.02. The van der Waals surface area contributed by atoms with E-state index in [1.807, 2.05) is 18.2 Å². The van der Waals surface area contributed by atoms with Crippen molar-refractivity contribution in [2.45, 2.75) is 37.2 Å². The monoisotopic (exact) mass is 281 g/mol. The normalized spacial score (nSPS) is 25.7. The fraction of sp³-hybridized carbons (Fsp3) is 0.500. The van der Waals surface area contributed by atoms with E-state index in [0.29, 0.717) is 0 Å². The molecule has 96 valence electrons. The maximum Gasteiger partial charge on any atom is 0.0954 e. The minimum Gasteiger partial charge on any atom is -0.374 e. The second-order valence-corrected chi connectivity index (χ2v) is 6.65. The van der Waals surface area contributed by atoms with Crippen LogP contribution in [0.4, 0.5) is 0 Å². The van der Waals surface area contributed by atoms with Gasteiger partial charge in [-0.25, -0.2) is 4.98 Å². The first-order chi connectivity index (χ1) is 8.67. The average molecular weight is 282 g/mol. The van der Waals surface area contributed by atoms with E-state index in [1.54, 1.807) is 11.3 Å². The molecule has 0 saturated carbocycles. The Labute approximate surface area is 116 Å². The van der Waals surface area contributed by atoms with E-state index in [2.05, 4.69) is 18.0 Å². The van der Waals surface area contributed by atoms with E-state index in [0.717, 1.165) is 36.4 Å². The van der Waals surface area contributed by atoms with Crippen molar-refractivity contribution in [3.8, 4) is 0 Å². The summed E-state index contributed by atoms with van der Waals surface area (Å²) in [6, 6.07) is 8.22. The van der Waals surface area contributed by atoms with Gasteiger partial charge in [0.05, 0.1) is 26.2 Å². The number of aromatic nitrogens is 1. The fourth-order valence-corrected chi connectivity index (χ4v) is 3.85. The van der Waals surface area contributed by atoms with Crippen molar-refractivity contribution in [1.29, 1.82) is 0 Å². The van der Waals surface area contributed by atoms with Crippen molar-refractivity contribution in [1.82, 2.24) is 4.98 Å². The average Bonchev–Trinajstić information content (AvgIpc) is 2.95. The zero-order valence-corrected chi connectivity index (χ0v) is 11.9. The lowest BCUT2D eigenvalue weighted by molar-refractivity contribution is 0.0169. The van der Waals surface area contributed by atoms with Crippen LogP contribution >= 0.6 is 22.9 Å². The minimum absolute atomic E-state index is 0.000521. The zero-order chi connectivity index (χ0) is 12.6. The first-order valence-corrected chi connectivity index (χ1v) is 7.55. The molecular weight excluding hydrogens is 266 g/mol. The number of thiazole rings is 1. The number of ether oxygens (including phenoxy) is 1. The maximum atomic E-state index is 6.53. The second kappa shape index (κ2) is 4.80. The Hall–Kier alpha value is -0.640. The standard InChI is InChI=1S/C14H16ClNOS/c1-14(7-4-8-17-14)12(15)9-13-16-10-5-2-3-6-11(10)18-13/h2-3,5-6,12H,4,7-9H2,1H3. The Morgan fingerprint density at radius 3 is 3.06 bits per heavy atom. The highest BCUT2D eigenvalue weighted by molar-refractivity contribution is 7.18. The fourth-order valence-electron chi connectivity index (χ4n) is 2.42. The highest BCUT2D eigenvalue weighted by atomic mass is 35.5. The number of hydrogen-bond acceptors (Lipinski definition) is 3. The number of rotatable bonds is 3. The molecule has 1 fully saturated rings. The molecule has 0 radical (unpaired) electrons. The largest absolute Gasteiger partial charge is 0.374 e. The van der Waals surface area contributed by atoms with Crippen molar-refractivity contribution in [2.75, 3.05) is 6.61 Å². The predicted molar refractivity (Wildman–Crippen MR) is 76.6 cm³/mol. The summed E-state index contributed by atoms with van der Waals surface area (Å²) in [4.78, 5) is 4.63. The quantitative estimate of drug-likeness (QED) is 0.793. The number of hydrogen-bond donors (Lipinski definition) is 0. The lowest BCUT2D eigenvalue weighted by Gasteiger charge is -2.28. The summed E-state index contributed by atoms with van der Waals surface area (Å²) in [6.07, 6.45) is 2.95. The van der Waals surface area contributed by atoms with Crippen LogP contribution in [0.2, 0.25) is 0 Å². The van der Waals surface area contributed by atoms with Crippen molar-refractivity contribution >= 4 is 33.2 Å². The van der Waals surface area contributed by atoms with Gasteiger partial charge in [-0.05, 0) is 31.9 Å². The predicted octanol–water partition coefficient (Wildman–Crippen LogP) is 4.02. The van der Waals surface area contributed by atoms with Gasteiger partial charge in [-0.1, -0.05) is 12.1 Å². The number of nitrogens with zero attached hydrogens (tertiary/aromatic N) is 1. The van der Waals surface area contributed by atoms with Gasteiger partial charge in [0.2, 0.25) is 0 Å². The third-order valence-corrected chi connectivity index (χ3v) is 5.28. The Balaban J connectivity index is 1.79. The van der Waals surface area contributed by atoms with Crippen LogP contribution in [0.1, 0.15) is 24.8 Å². The molecule has 0 amide bonds. The van der Waals surface area contributed by atoms with Crippen LogP contribution in [0.15, 0.2) is 24.3 Å². The van der Waals surface area contributed by atoms with Crippen LogP contribution in [0.25, 0.3) is 10.2 Å². The van der Waals surface area contributed by atoms with Crippen molar-refractivity contribution in [2.24, 2.45) is 0 Å². The Morgan fingerprint density at radius 2 is 2.33 bits per heavy atom. The summed E-state index contributed by atoms with van der Waals surface area (Å²) in [6.45, 7) is 2.95. The highest BCUT2D eigenvalue weighted by Gasteiger charge is 2.37. The molecule has 1 aromatic carbocycles. The molecule has 0 spiro atoms. The van der Waals surface area contributed by atoms with Crippen molar-refractivity contribution in [3.63, 3.8) is 0 Å². The molecular formula is C14H16ClNOS. The number of benzene rings is 1. The molecule has 0 N–H and O–H groups in total. The molecule has 3 rings (SSSR count). The molecule has 2 heterocycles. The van der Waals surface area contributed by atoms with Crippen LogP contribution in [0, 0.1) is 0 Å². The molecule has 2 nitrogen and oxygen atoms in total. The van der Waals surface area contributed by atoms with Crippen LogP contribution < -0.4 is 0 Å². The molecule has 2 atom stereocenters. The first-order valence-electron chi connectivity index (χ1n) is 6.30. The molecule has 18 heavy (non-hydrogen) atoms. The highest BCUT2D eigenvalue weighted by Crippen LogP contribution is 2.34. The molecule has 2 aromatic rings. The molecule has 4 heteroatoms. The van der Waals surface area contributed by atoms with Crippen LogP contribution in [-0.2, 0) is 11.2 Å². The van der Waals surface area contributed by atoms with E-state index in [9.17, 15) is 0 Å². The van der Waals surface area contributed by atoms with Gasteiger partial charge in [0, 0.05) is 13.0 Å². The van der Waals surface area contributed by atoms with Gasteiger partial charge in [0.15, 0.2) is 0 Å². The van der Waals surface area contributed by atoms with Gasteiger partial charge >= 0.3 is 0 Å². The van der Waals surface area contributed by atoms with Gasteiger partial charge in [0.1, 0.15) is 0 Å². The minimum atomic E-state index is -0.181. The van der Waals surface area contributed by atoms with Crippen molar-refractivity contribution in [3.05, 3.63) is 29.3 Å². The van der Waals surface area contributed by atoms with E-state index >= 15 is 0 Å². The van der Waals surface area contributed by atoms with E-state index < -0.39 is 0 Å². The topological polar surface area (TPSA) is 22.1 Å². The van der Waals surface area contributed by atoms with Gasteiger partial charge in [-0.15, -0.1) is 22.9 Å². The third kappa shape index (κ3) is 2.27. The number of fused-ring (bicyclic) bond motifs is 1. The van der Waals surface area contributed by atoms with E-state index in [-0.39, 0.29) is 11.0 Å². The summed E-state index contributed by atoms with van der Waals surface area (Å²) in [7, 11) is 0.